The summed E-state index contributed by atoms with van der Waals surface area (Å²) >= 11 is 0. The first kappa shape index (κ1) is 16.1. The van der Waals surface area contributed by atoms with E-state index in [0.29, 0.717) is 24.5 Å². The number of amides is 1. The van der Waals surface area contributed by atoms with Crippen LogP contribution in [0, 0.1) is 5.92 Å². The van der Waals surface area contributed by atoms with E-state index >= 15 is 0 Å². The van der Waals surface area contributed by atoms with Crippen LogP contribution in [0.15, 0.2) is 22.9 Å². The van der Waals surface area contributed by atoms with Crippen molar-refractivity contribution in [1.29, 1.82) is 0 Å². The third-order valence-corrected chi connectivity index (χ3v) is 5.83. The van der Waals surface area contributed by atoms with Gasteiger partial charge in [-0.2, -0.15) is 0 Å². The fourth-order valence-corrected chi connectivity index (χ4v) is 4.52. The molecule has 3 aliphatic heterocycles. The zero-order valence-corrected chi connectivity index (χ0v) is 14.8. The fourth-order valence-electron chi connectivity index (χ4n) is 4.52. The van der Waals surface area contributed by atoms with Gasteiger partial charge >= 0.3 is 0 Å². The summed E-state index contributed by atoms with van der Waals surface area (Å²) in [7, 11) is 0. The number of morpholine rings is 1. The Bertz CT molecular complexity index is 802. The van der Waals surface area contributed by atoms with Crippen LogP contribution in [0.3, 0.4) is 0 Å². The third kappa shape index (κ3) is 2.95. The van der Waals surface area contributed by atoms with Crippen molar-refractivity contribution in [1.82, 2.24) is 15.2 Å². The molecule has 1 N–H and O–H groups in total. The lowest BCUT2D eigenvalue weighted by atomic mass is 9.97. The van der Waals surface area contributed by atoms with E-state index in [2.05, 4.69) is 20.1 Å². The van der Waals surface area contributed by atoms with Crippen LogP contribution in [0.5, 0.6) is 0 Å². The van der Waals surface area contributed by atoms with Gasteiger partial charge in [-0.3, -0.25) is 4.79 Å². The highest BCUT2D eigenvalue weighted by Gasteiger charge is 2.33. The summed E-state index contributed by atoms with van der Waals surface area (Å²) in [6, 6.07) is 2.08. The van der Waals surface area contributed by atoms with Gasteiger partial charge in [0.25, 0.3) is 5.91 Å². The second-order valence-electron chi connectivity index (χ2n) is 7.61. The molecule has 1 unspecified atom stereocenters. The molecule has 0 saturated carbocycles. The Kier molecular flexibility index (Phi) is 4.05. The number of nitrogens with zero attached hydrogens (tertiary/aromatic N) is 3. The lowest BCUT2D eigenvalue weighted by Crippen LogP contribution is -2.47. The van der Waals surface area contributed by atoms with Crippen molar-refractivity contribution in [2.75, 3.05) is 50.8 Å². The highest BCUT2D eigenvalue weighted by atomic mass is 16.5. The molecule has 0 radical (unpaired) electrons. The molecule has 3 atom stereocenters. The molecule has 7 nitrogen and oxygen atoms in total. The van der Waals surface area contributed by atoms with Crippen LogP contribution in [-0.4, -0.2) is 67.8 Å². The number of nitrogens with one attached hydrogen (secondary N) is 1. The number of fused-ring (bicyclic) bond motifs is 3. The standard InChI is InChI=1S/C19H24N4O3/c24-19(21-14-7-13-1-2-22(10-13)11-14)16-8-15-17(12-26-18(15)9-20-16)23-3-5-25-6-4-23/h8-9,12-14H,1-7,10-11H2,(H,21,24)/t13-,14-/m1/s1. The summed E-state index contributed by atoms with van der Waals surface area (Å²) in [4.78, 5) is 21.8. The molecule has 1 amide bonds. The Balaban J connectivity index is 1.35. The molecular weight excluding hydrogens is 332 g/mol. The molecule has 0 aliphatic carbocycles. The van der Waals surface area contributed by atoms with Crippen molar-refractivity contribution in [3.8, 4) is 0 Å². The molecule has 2 aromatic rings. The van der Waals surface area contributed by atoms with Gasteiger partial charge in [-0.15, -0.1) is 0 Å². The van der Waals surface area contributed by atoms with Crippen molar-refractivity contribution in [2.45, 2.75) is 18.9 Å². The molecule has 0 spiro atoms. The number of carbonyl (C=O) groups is 1. The highest BCUT2D eigenvalue weighted by molar-refractivity contribution is 5.99. The first-order valence-electron chi connectivity index (χ1n) is 9.49. The minimum atomic E-state index is -0.0893. The normalized spacial score (nSPS) is 28.5. The number of hydrogen-bond donors (Lipinski definition) is 1. The second-order valence-corrected chi connectivity index (χ2v) is 7.61. The molecule has 2 bridgehead atoms. The van der Waals surface area contributed by atoms with Crippen molar-refractivity contribution in [3.05, 3.63) is 24.2 Å². The van der Waals surface area contributed by atoms with Gasteiger partial charge in [-0.1, -0.05) is 0 Å². The van der Waals surface area contributed by atoms with Crippen molar-refractivity contribution >= 4 is 22.6 Å². The maximum absolute atomic E-state index is 12.7. The van der Waals surface area contributed by atoms with Crippen molar-refractivity contribution in [3.63, 3.8) is 0 Å². The van der Waals surface area contributed by atoms with Crippen LogP contribution in [0.2, 0.25) is 0 Å². The van der Waals surface area contributed by atoms with E-state index in [1.165, 1.54) is 19.5 Å². The van der Waals surface area contributed by atoms with Crippen LogP contribution in [0.4, 0.5) is 5.69 Å². The lowest BCUT2D eigenvalue weighted by Gasteiger charge is -2.30. The summed E-state index contributed by atoms with van der Waals surface area (Å²) < 4.78 is 11.1. The number of rotatable bonds is 3. The molecule has 5 heterocycles. The van der Waals surface area contributed by atoms with Crippen LogP contribution in [-0.2, 0) is 4.74 Å². The second kappa shape index (κ2) is 6.55. The summed E-state index contributed by atoms with van der Waals surface area (Å²) in [5.74, 6) is 0.639. The number of anilines is 1. The van der Waals surface area contributed by atoms with Crippen molar-refractivity contribution < 1.29 is 13.9 Å². The molecular formula is C19H24N4O3. The number of ether oxygens (including phenoxy) is 1. The van der Waals surface area contributed by atoms with E-state index in [-0.39, 0.29) is 11.9 Å². The van der Waals surface area contributed by atoms with E-state index in [1.54, 1.807) is 12.5 Å². The maximum atomic E-state index is 12.7. The Morgan fingerprint density at radius 1 is 1.23 bits per heavy atom. The molecule has 2 aromatic heterocycles. The van der Waals surface area contributed by atoms with Gasteiger partial charge < -0.3 is 24.3 Å². The first-order chi connectivity index (χ1) is 12.8. The summed E-state index contributed by atoms with van der Waals surface area (Å²) in [5, 5.41) is 4.13. The number of aromatic nitrogens is 1. The predicted octanol–water partition coefficient (Wildman–Crippen LogP) is 1.49. The van der Waals surface area contributed by atoms with Crippen LogP contribution >= 0.6 is 0 Å². The molecule has 5 rings (SSSR count). The quantitative estimate of drug-likeness (QED) is 0.898. The van der Waals surface area contributed by atoms with E-state index in [4.69, 9.17) is 9.15 Å². The Labute approximate surface area is 152 Å². The summed E-state index contributed by atoms with van der Waals surface area (Å²) in [6.45, 7) is 6.40. The molecule has 3 saturated heterocycles. The highest BCUT2D eigenvalue weighted by Crippen LogP contribution is 2.30. The lowest BCUT2D eigenvalue weighted by molar-refractivity contribution is 0.0904. The minimum absolute atomic E-state index is 0.0893. The summed E-state index contributed by atoms with van der Waals surface area (Å²) in [6.07, 6.45) is 5.75. The fraction of sp³-hybridized carbons (Fsp3) is 0.579. The van der Waals surface area contributed by atoms with Gasteiger partial charge in [0.05, 0.1) is 25.1 Å². The molecule has 7 heteroatoms. The molecule has 0 aromatic carbocycles. The first-order valence-corrected chi connectivity index (χ1v) is 9.49. The largest absolute Gasteiger partial charge is 0.460 e. The molecule has 3 fully saturated rings. The molecule has 138 valence electrons. The van der Waals surface area contributed by atoms with Gasteiger partial charge in [0.2, 0.25) is 0 Å². The topological polar surface area (TPSA) is 70.8 Å². The van der Waals surface area contributed by atoms with Gasteiger partial charge in [0.15, 0.2) is 5.58 Å². The average Bonchev–Trinajstić information content (AvgIpc) is 3.24. The average molecular weight is 356 g/mol. The molecule has 3 aliphatic rings. The number of piperidine rings is 1. The third-order valence-electron chi connectivity index (χ3n) is 5.83. The van der Waals surface area contributed by atoms with Crippen LogP contribution < -0.4 is 10.2 Å². The van der Waals surface area contributed by atoms with Gasteiger partial charge in [0, 0.05) is 37.6 Å². The van der Waals surface area contributed by atoms with E-state index < -0.39 is 0 Å². The monoisotopic (exact) mass is 356 g/mol. The maximum Gasteiger partial charge on any atom is 0.270 e. The Morgan fingerprint density at radius 3 is 2.96 bits per heavy atom. The van der Waals surface area contributed by atoms with Gasteiger partial charge in [-0.25, -0.2) is 4.98 Å². The zero-order valence-electron chi connectivity index (χ0n) is 14.8. The minimum Gasteiger partial charge on any atom is -0.460 e. The zero-order chi connectivity index (χ0) is 17.5. The van der Waals surface area contributed by atoms with Crippen LogP contribution in [0.25, 0.3) is 11.0 Å². The molecule has 26 heavy (non-hydrogen) atoms. The van der Waals surface area contributed by atoms with Gasteiger partial charge in [-0.05, 0) is 31.4 Å². The SMILES string of the molecule is O=C(N[C@@H]1C[C@H]2CCN(C2)C1)c1cc2c(N3CCOCC3)coc2cn1. The predicted molar refractivity (Wildman–Crippen MR) is 97.5 cm³/mol. The van der Waals surface area contributed by atoms with E-state index in [1.807, 2.05) is 6.07 Å². The van der Waals surface area contributed by atoms with E-state index in [9.17, 15) is 4.79 Å². The smallest absolute Gasteiger partial charge is 0.270 e. The van der Waals surface area contributed by atoms with E-state index in [0.717, 1.165) is 43.0 Å². The van der Waals surface area contributed by atoms with Gasteiger partial charge in [0.1, 0.15) is 12.0 Å². The summed E-state index contributed by atoms with van der Waals surface area (Å²) in [5.41, 5.74) is 2.19. The van der Waals surface area contributed by atoms with Crippen LogP contribution in [0.1, 0.15) is 23.3 Å². The number of hydrogen-bond acceptors (Lipinski definition) is 6. The number of pyridine rings is 1. The Hall–Kier alpha value is -2.12. The number of carbonyl (C=O) groups excluding carboxylic acids is 1. The Morgan fingerprint density at radius 2 is 2.12 bits per heavy atom. The van der Waals surface area contributed by atoms with Crippen molar-refractivity contribution in [2.24, 2.45) is 5.92 Å². The number of furan rings is 1.